The van der Waals surface area contributed by atoms with Crippen LogP contribution in [0.4, 0.5) is 0 Å². The summed E-state index contributed by atoms with van der Waals surface area (Å²) >= 11 is 1.28. The van der Waals surface area contributed by atoms with Crippen LogP contribution in [0, 0.1) is 0 Å². The van der Waals surface area contributed by atoms with Crippen LogP contribution in [0.3, 0.4) is 0 Å². The van der Waals surface area contributed by atoms with Crippen LogP contribution in [-0.2, 0) is 14.4 Å². The van der Waals surface area contributed by atoms with Crippen molar-refractivity contribution in [3.8, 4) is 0 Å². The molecule has 0 rings (SSSR count). The summed E-state index contributed by atoms with van der Waals surface area (Å²) in [5.41, 5.74) is 5.44. The molecule has 0 heterocycles. The number of nitrogens with one attached hydrogen (secondary N) is 1. The number of carbonyl (C=O) groups excluding carboxylic acids is 1. The number of amides is 1. The van der Waals surface area contributed by atoms with Crippen LogP contribution in [0.1, 0.15) is 12.8 Å². The fourth-order valence-electron chi connectivity index (χ4n) is 1.03. The lowest BCUT2D eigenvalue weighted by atomic mass is 10.1. The number of nitrogens with two attached hydrogens (primary N) is 1. The Morgan fingerprint density at radius 1 is 1.35 bits per heavy atom. The molecule has 0 aliphatic carbocycles. The van der Waals surface area contributed by atoms with Crippen molar-refractivity contribution in [2.45, 2.75) is 24.9 Å². The summed E-state index contributed by atoms with van der Waals surface area (Å²) in [7, 11) is 0. The highest BCUT2D eigenvalue weighted by Crippen LogP contribution is 2.00. The summed E-state index contributed by atoms with van der Waals surface area (Å²) in [5.74, 6) is -2.61. The van der Waals surface area contributed by atoms with Gasteiger partial charge in [0.05, 0.1) is 6.04 Å². The molecule has 0 aliphatic heterocycles. The van der Waals surface area contributed by atoms with Gasteiger partial charge in [0.25, 0.3) is 0 Å². The van der Waals surface area contributed by atoms with Crippen LogP contribution in [0.15, 0.2) is 0 Å². The zero-order valence-electron chi connectivity index (χ0n) is 9.38. The second kappa shape index (κ2) is 7.91. The van der Waals surface area contributed by atoms with E-state index < -0.39 is 29.9 Å². The predicted molar refractivity (Wildman–Crippen MR) is 62.8 cm³/mol. The van der Waals surface area contributed by atoms with E-state index in [1.165, 1.54) is 11.8 Å². The maximum Gasteiger partial charge on any atom is 0.327 e. The van der Waals surface area contributed by atoms with Crippen LogP contribution in [0.2, 0.25) is 0 Å². The maximum absolute atomic E-state index is 11.4. The number of aliphatic carboxylic acids is 2. The zero-order valence-corrected chi connectivity index (χ0v) is 10.2. The van der Waals surface area contributed by atoms with E-state index in [1.54, 1.807) is 6.26 Å². The minimum absolute atomic E-state index is 0.0211. The molecular formula is C9H16N2O5S. The third-order valence-corrected chi connectivity index (χ3v) is 2.62. The molecule has 7 nitrogen and oxygen atoms in total. The third-order valence-electron chi connectivity index (χ3n) is 1.95. The average Bonchev–Trinajstić information content (AvgIpc) is 2.24. The van der Waals surface area contributed by atoms with Gasteiger partial charge in [-0.2, -0.15) is 11.8 Å². The van der Waals surface area contributed by atoms with Crippen LogP contribution < -0.4 is 11.1 Å². The number of thioether (sulfide) groups is 1. The summed E-state index contributed by atoms with van der Waals surface area (Å²) in [5, 5.41) is 19.5. The lowest BCUT2D eigenvalue weighted by Gasteiger charge is -2.16. The van der Waals surface area contributed by atoms with Gasteiger partial charge in [-0.25, -0.2) is 4.79 Å². The van der Waals surface area contributed by atoms with E-state index in [4.69, 9.17) is 15.9 Å². The lowest BCUT2D eigenvalue weighted by Crippen LogP contribution is -2.49. The molecule has 0 spiro atoms. The summed E-state index contributed by atoms with van der Waals surface area (Å²) in [6, 6.07) is -2.01. The molecule has 2 atom stereocenters. The quantitative estimate of drug-likeness (QED) is 0.447. The Hall–Kier alpha value is -1.28. The summed E-state index contributed by atoms with van der Waals surface area (Å²) in [6.45, 7) is 0. The van der Waals surface area contributed by atoms with Crippen molar-refractivity contribution in [3.63, 3.8) is 0 Å². The number of hydrogen-bond donors (Lipinski definition) is 4. The van der Waals surface area contributed by atoms with Gasteiger partial charge in [0, 0.05) is 12.2 Å². The summed E-state index contributed by atoms with van der Waals surface area (Å²) in [4.78, 5) is 32.5. The van der Waals surface area contributed by atoms with Gasteiger partial charge in [-0.05, 0) is 12.7 Å². The molecule has 0 aromatic rings. The Bertz CT molecular complexity index is 297. The van der Waals surface area contributed by atoms with Crippen molar-refractivity contribution in [3.05, 3.63) is 0 Å². The minimum atomic E-state index is -1.14. The Balaban J connectivity index is 4.20. The molecule has 8 heteroatoms. The van der Waals surface area contributed by atoms with E-state index in [1.807, 2.05) is 0 Å². The lowest BCUT2D eigenvalue weighted by molar-refractivity contribution is -0.141. The monoisotopic (exact) mass is 264 g/mol. The van der Waals surface area contributed by atoms with Gasteiger partial charge in [0.2, 0.25) is 5.91 Å². The predicted octanol–water partition coefficient (Wildman–Crippen LogP) is -0.889. The van der Waals surface area contributed by atoms with Gasteiger partial charge in [0.1, 0.15) is 6.04 Å². The molecule has 5 N–H and O–H groups in total. The second-order valence-corrected chi connectivity index (χ2v) is 4.30. The molecule has 0 saturated heterocycles. The molecule has 0 radical (unpaired) electrons. The van der Waals surface area contributed by atoms with E-state index in [0.29, 0.717) is 0 Å². The molecule has 0 aliphatic rings. The van der Waals surface area contributed by atoms with E-state index >= 15 is 0 Å². The van der Waals surface area contributed by atoms with Crippen molar-refractivity contribution in [1.29, 1.82) is 0 Å². The van der Waals surface area contributed by atoms with Crippen molar-refractivity contribution < 1.29 is 24.6 Å². The van der Waals surface area contributed by atoms with Crippen LogP contribution in [0.25, 0.3) is 0 Å². The second-order valence-electron chi connectivity index (χ2n) is 3.39. The molecule has 0 aromatic heterocycles. The topological polar surface area (TPSA) is 130 Å². The van der Waals surface area contributed by atoms with E-state index in [-0.39, 0.29) is 18.6 Å². The molecule has 0 unspecified atom stereocenters. The highest BCUT2D eigenvalue weighted by Gasteiger charge is 2.22. The van der Waals surface area contributed by atoms with E-state index in [9.17, 15) is 14.4 Å². The van der Waals surface area contributed by atoms with Gasteiger partial charge in [-0.15, -0.1) is 0 Å². The molecular weight excluding hydrogens is 248 g/mol. The summed E-state index contributed by atoms with van der Waals surface area (Å²) < 4.78 is 0. The van der Waals surface area contributed by atoms with Crippen LogP contribution >= 0.6 is 11.8 Å². The van der Waals surface area contributed by atoms with Gasteiger partial charge >= 0.3 is 11.9 Å². The van der Waals surface area contributed by atoms with Crippen LogP contribution in [0.5, 0.6) is 0 Å². The molecule has 0 aromatic carbocycles. The van der Waals surface area contributed by atoms with E-state index in [0.717, 1.165) is 0 Å². The Morgan fingerprint density at radius 2 is 1.94 bits per heavy atom. The van der Waals surface area contributed by atoms with Gasteiger partial charge in [-0.3, -0.25) is 9.59 Å². The number of hydrogen-bond acceptors (Lipinski definition) is 5. The third kappa shape index (κ3) is 6.80. The number of rotatable bonds is 8. The number of carboxylic acid groups (broad SMARTS) is 2. The Kier molecular flexibility index (Phi) is 7.31. The highest BCUT2D eigenvalue weighted by atomic mass is 32.2. The Morgan fingerprint density at radius 3 is 2.35 bits per heavy atom. The first-order valence-electron chi connectivity index (χ1n) is 4.88. The highest BCUT2D eigenvalue weighted by molar-refractivity contribution is 7.98. The zero-order chi connectivity index (χ0) is 13.4. The van der Waals surface area contributed by atoms with Crippen molar-refractivity contribution in [2.24, 2.45) is 5.73 Å². The molecule has 0 saturated carbocycles. The standard InChI is InChI=1S/C9H16N2O5S/c1-17-4-6(9(15)16)11-8(14)5(10)2-3-7(12)13/h5-6H,2-4,10H2,1H3,(H,11,14)(H,12,13)(H,15,16)/t5-,6-/m0/s1. The summed E-state index contributed by atoms with van der Waals surface area (Å²) in [6.07, 6.45) is 1.47. The van der Waals surface area contributed by atoms with Gasteiger partial charge in [-0.1, -0.05) is 0 Å². The number of carboxylic acids is 2. The van der Waals surface area contributed by atoms with Gasteiger partial charge in [0.15, 0.2) is 0 Å². The smallest absolute Gasteiger partial charge is 0.327 e. The van der Waals surface area contributed by atoms with Crippen molar-refractivity contribution in [2.75, 3.05) is 12.0 Å². The molecule has 17 heavy (non-hydrogen) atoms. The van der Waals surface area contributed by atoms with Gasteiger partial charge < -0.3 is 21.3 Å². The van der Waals surface area contributed by atoms with Crippen molar-refractivity contribution in [1.82, 2.24) is 5.32 Å². The Labute approximate surface area is 103 Å². The molecule has 1 amide bonds. The number of carbonyl (C=O) groups is 3. The normalized spacial score (nSPS) is 13.8. The first-order chi connectivity index (χ1) is 7.88. The fraction of sp³-hybridized carbons (Fsp3) is 0.667. The average molecular weight is 264 g/mol. The largest absolute Gasteiger partial charge is 0.481 e. The molecule has 98 valence electrons. The minimum Gasteiger partial charge on any atom is -0.481 e. The molecule has 0 bridgehead atoms. The fourth-order valence-corrected chi connectivity index (χ4v) is 1.59. The first kappa shape index (κ1) is 15.7. The van der Waals surface area contributed by atoms with Crippen LogP contribution in [-0.4, -0.2) is 52.2 Å². The van der Waals surface area contributed by atoms with Crippen molar-refractivity contribution >= 4 is 29.6 Å². The first-order valence-corrected chi connectivity index (χ1v) is 6.27. The maximum atomic E-state index is 11.4. The molecule has 0 fully saturated rings. The SMILES string of the molecule is CSC[C@H](NC(=O)[C@@H](N)CCC(=O)O)C(=O)O. The van der Waals surface area contributed by atoms with E-state index in [2.05, 4.69) is 5.32 Å².